The first-order valence-electron chi connectivity index (χ1n) is 8.48. The zero-order chi connectivity index (χ0) is 21.5. The van der Waals surface area contributed by atoms with Crippen molar-refractivity contribution < 1.29 is 17.4 Å². The molecule has 2 aromatic rings. The highest BCUT2D eigenvalue weighted by Gasteiger charge is 2.32. The number of hydrogen-bond acceptors (Lipinski definition) is 7. The van der Waals surface area contributed by atoms with Crippen molar-refractivity contribution in [2.24, 2.45) is 10.1 Å². The molecule has 0 aliphatic carbocycles. The minimum atomic E-state index is -4.05. The molecule has 0 saturated carbocycles. The molecule has 4 rings (SSSR count). The number of hydrazone groups is 1. The van der Waals surface area contributed by atoms with E-state index in [2.05, 4.69) is 10.1 Å². The lowest BCUT2D eigenvalue weighted by atomic mass is 10.1. The fourth-order valence-corrected chi connectivity index (χ4v) is 4.48. The molecule has 0 spiro atoms. The second kappa shape index (κ2) is 7.71. The highest BCUT2D eigenvalue weighted by molar-refractivity contribution is 8.25. The smallest absolute Gasteiger partial charge is 0.339 e. The number of halogens is 1. The summed E-state index contributed by atoms with van der Waals surface area (Å²) >= 11 is 7.36. The summed E-state index contributed by atoms with van der Waals surface area (Å²) in [4.78, 5) is 16.1. The molecule has 8 nitrogen and oxygen atoms in total. The molecule has 2 aliphatic rings. The Morgan fingerprint density at radius 1 is 1.20 bits per heavy atom. The minimum absolute atomic E-state index is 0.00862. The van der Waals surface area contributed by atoms with Crippen molar-refractivity contribution in [3.63, 3.8) is 0 Å². The number of thioether (sulfide) groups is 1. The van der Waals surface area contributed by atoms with Gasteiger partial charge in [-0.3, -0.25) is 10.2 Å². The van der Waals surface area contributed by atoms with Gasteiger partial charge in [-0.25, -0.2) is 0 Å². The number of hydrogen-bond donors (Lipinski definition) is 1. The van der Waals surface area contributed by atoms with Gasteiger partial charge in [-0.2, -0.15) is 23.5 Å². The second-order valence-electron chi connectivity index (χ2n) is 6.30. The number of aliphatic imine (C=N–C) groups is 1. The lowest BCUT2D eigenvalue weighted by Crippen LogP contribution is -2.35. The fraction of sp³-hybridized carbons (Fsp3) is 0.0526. The van der Waals surface area contributed by atoms with Gasteiger partial charge in [-0.1, -0.05) is 35.4 Å². The molecule has 0 unspecified atom stereocenters. The normalized spacial score (nSPS) is 17.3. The number of amidine groups is 2. The molecule has 0 bridgehead atoms. The largest absolute Gasteiger partial charge is 0.377 e. The molecule has 0 aromatic heterocycles. The van der Waals surface area contributed by atoms with Gasteiger partial charge < -0.3 is 4.18 Å². The number of carbonyl (C=O) groups is 1. The summed E-state index contributed by atoms with van der Waals surface area (Å²) in [7, 11) is -4.05. The van der Waals surface area contributed by atoms with Crippen molar-refractivity contribution in [1.29, 1.82) is 5.41 Å². The predicted octanol–water partition coefficient (Wildman–Crippen LogP) is 3.67. The third-order valence-electron chi connectivity index (χ3n) is 4.17. The molecule has 0 saturated heterocycles. The van der Waals surface area contributed by atoms with E-state index in [1.54, 1.807) is 12.1 Å². The van der Waals surface area contributed by atoms with E-state index in [1.165, 1.54) is 47.0 Å². The summed E-state index contributed by atoms with van der Waals surface area (Å²) < 4.78 is 30.1. The molecule has 1 N–H and O–H groups in total. The van der Waals surface area contributed by atoms with Gasteiger partial charge >= 0.3 is 10.1 Å². The first-order valence-corrected chi connectivity index (χ1v) is 11.1. The van der Waals surface area contributed by atoms with E-state index >= 15 is 0 Å². The summed E-state index contributed by atoms with van der Waals surface area (Å²) in [6, 6.07) is 10.6. The van der Waals surface area contributed by atoms with E-state index in [9.17, 15) is 13.2 Å². The highest BCUT2D eigenvalue weighted by Crippen LogP contribution is 2.30. The van der Waals surface area contributed by atoms with Crippen molar-refractivity contribution in [3.05, 3.63) is 64.2 Å². The van der Waals surface area contributed by atoms with Crippen LogP contribution >= 0.6 is 23.4 Å². The Hall–Kier alpha value is -2.95. The first kappa shape index (κ1) is 20.3. The number of nitrogens with zero attached hydrogens (tertiary/aromatic N) is 3. The molecule has 0 radical (unpaired) electrons. The van der Waals surface area contributed by atoms with Crippen molar-refractivity contribution in [2.75, 3.05) is 0 Å². The summed E-state index contributed by atoms with van der Waals surface area (Å²) in [5.74, 6) is -0.724. The van der Waals surface area contributed by atoms with E-state index in [-0.39, 0.29) is 27.1 Å². The van der Waals surface area contributed by atoms with Crippen LogP contribution in [0, 0.1) is 12.3 Å². The topological polar surface area (TPSA) is 112 Å². The number of amides is 1. The van der Waals surface area contributed by atoms with Crippen LogP contribution in [0.2, 0.25) is 5.02 Å². The molecule has 152 valence electrons. The Bertz CT molecular complexity index is 1270. The third kappa shape index (κ3) is 3.89. The Morgan fingerprint density at radius 3 is 2.63 bits per heavy atom. The Balaban J connectivity index is 1.60. The maximum absolute atomic E-state index is 12.5. The van der Waals surface area contributed by atoms with Gasteiger partial charge in [-0.05, 0) is 54.6 Å². The molecule has 1 amide bonds. The Morgan fingerprint density at radius 2 is 1.93 bits per heavy atom. The predicted molar refractivity (Wildman–Crippen MR) is 117 cm³/mol. The summed E-state index contributed by atoms with van der Waals surface area (Å²) in [6.45, 7) is 1.85. The average Bonchev–Trinajstić information content (AvgIpc) is 3.16. The van der Waals surface area contributed by atoms with Gasteiger partial charge in [0.15, 0.2) is 16.8 Å². The highest BCUT2D eigenvalue weighted by atomic mass is 35.5. The monoisotopic (exact) mass is 460 g/mol. The molecule has 30 heavy (non-hydrogen) atoms. The van der Waals surface area contributed by atoms with Crippen LogP contribution in [0.4, 0.5) is 0 Å². The van der Waals surface area contributed by atoms with Crippen LogP contribution in [-0.2, 0) is 14.9 Å². The van der Waals surface area contributed by atoms with E-state index in [0.29, 0.717) is 10.7 Å². The Kier molecular flexibility index (Phi) is 5.22. The lowest BCUT2D eigenvalue weighted by molar-refractivity contribution is -0.114. The molecular weight excluding hydrogens is 448 g/mol. The molecule has 2 heterocycles. The van der Waals surface area contributed by atoms with Crippen LogP contribution in [0.1, 0.15) is 11.1 Å². The van der Waals surface area contributed by atoms with E-state index in [0.717, 1.165) is 17.3 Å². The molecule has 11 heteroatoms. The second-order valence-corrected chi connectivity index (χ2v) is 9.06. The average molecular weight is 461 g/mol. The Labute approximate surface area is 181 Å². The summed E-state index contributed by atoms with van der Waals surface area (Å²) in [5.41, 5.74) is 2.92. The lowest BCUT2D eigenvalue weighted by Gasteiger charge is -2.20. The zero-order valence-corrected chi connectivity index (χ0v) is 17.8. The van der Waals surface area contributed by atoms with Crippen LogP contribution in [-0.4, -0.2) is 35.9 Å². The minimum Gasteiger partial charge on any atom is -0.377 e. The fourth-order valence-electron chi connectivity index (χ4n) is 2.65. The quantitative estimate of drug-likeness (QED) is 0.550. The van der Waals surface area contributed by atoms with Crippen molar-refractivity contribution in [3.8, 4) is 5.75 Å². The molecule has 0 atom stereocenters. The van der Waals surface area contributed by atoms with Gasteiger partial charge in [0.25, 0.3) is 5.91 Å². The number of fused-ring (bicyclic) bond motifs is 1. The molecule has 2 aromatic carbocycles. The first-order chi connectivity index (χ1) is 14.2. The van der Waals surface area contributed by atoms with Crippen molar-refractivity contribution in [2.45, 2.75) is 11.8 Å². The SMILES string of the molecule is Cc1ccc(S(=O)(=O)Oc2ccc(C=C3C(=N)N4N=CSC4=NC3=O)cc2Cl)cc1. The number of nitrogens with one attached hydrogen (secondary N) is 1. The molecule has 0 fully saturated rings. The maximum atomic E-state index is 12.5. The molecule has 2 aliphatic heterocycles. The zero-order valence-electron chi connectivity index (χ0n) is 15.4. The number of aryl methyl sites for hydroxylation is 1. The maximum Gasteiger partial charge on any atom is 0.339 e. The van der Waals surface area contributed by atoms with Gasteiger partial charge in [0.2, 0.25) is 0 Å². The summed E-state index contributed by atoms with van der Waals surface area (Å²) in [6.07, 6.45) is 1.44. The van der Waals surface area contributed by atoms with E-state index < -0.39 is 16.0 Å². The van der Waals surface area contributed by atoms with Gasteiger partial charge in [-0.15, -0.1) is 0 Å². The standard InChI is InChI=1S/C19H13ClN4O4S2/c1-11-2-5-13(6-3-11)30(26,27)28-16-7-4-12(9-15(16)20)8-14-17(21)24-19(23-18(14)25)29-10-22-24/h2-10,21H,1H3. The van der Waals surface area contributed by atoms with E-state index in [1.807, 2.05) is 6.92 Å². The number of rotatable bonds is 4. The van der Waals surface area contributed by atoms with Gasteiger partial charge in [0.1, 0.15) is 4.90 Å². The number of benzene rings is 2. The van der Waals surface area contributed by atoms with Crippen LogP contribution in [0.3, 0.4) is 0 Å². The van der Waals surface area contributed by atoms with Gasteiger partial charge in [0.05, 0.1) is 16.1 Å². The van der Waals surface area contributed by atoms with Crippen LogP contribution in [0.25, 0.3) is 6.08 Å². The van der Waals surface area contributed by atoms with Crippen molar-refractivity contribution in [1.82, 2.24) is 5.01 Å². The molecular formula is C19H13ClN4O4S2. The van der Waals surface area contributed by atoms with Crippen LogP contribution in [0.15, 0.2) is 63.0 Å². The van der Waals surface area contributed by atoms with Gasteiger partial charge in [0, 0.05) is 0 Å². The summed E-state index contributed by atoms with van der Waals surface area (Å²) in [5, 5.41) is 13.8. The van der Waals surface area contributed by atoms with E-state index in [4.69, 9.17) is 21.2 Å². The van der Waals surface area contributed by atoms with Crippen molar-refractivity contribution >= 4 is 62.0 Å². The van der Waals surface area contributed by atoms with Crippen LogP contribution in [0.5, 0.6) is 5.75 Å². The van der Waals surface area contributed by atoms with Crippen LogP contribution < -0.4 is 4.18 Å². The third-order valence-corrected chi connectivity index (χ3v) is 6.39. The number of carbonyl (C=O) groups excluding carboxylic acids is 1.